The van der Waals surface area contributed by atoms with E-state index in [1.807, 2.05) is 13.2 Å². The van der Waals surface area contributed by atoms with Crippen LogP contribution in [0, 0.1) is 5.92 Å². The number of hydrogen-bond acceptors (Lipinski definition) is 2. The maximum Gasteiger partial charge on any atom is 0.391 e. The third kappa shape index (κ3) is 3.04. The standard InChI is InChI=1S/C12H18F3N3/c1-18-8-9(7-17-18)6-11(16)4-2-10(3-5-11)12(13,14)15/h7-8,10H,2-6,16H2,1H3. The fraction of sp³-hybridized carbons (Fsp3) is 0.750. The molecule has 2 rings (SSSR count). The van der Waals surface area contributed by atoms with Gasteiger partial charge in [-0.3, -0.25) is 4.68 Å². The third-order valence-corrected chi connectivity index (χ3v) is 3.76. The summed E-state index contributed by atoms with van der Waals surface area (Å²) in [5, 5.41) is 4.05. The van der Waals surface area contributed by atoms with E-state index >= 15 is 0 Å². The summed E-state index contributed by atoms with van der Waals surface area (Å²) in [6.07, 6.45) is 1.24. The minimum Gasteiger partial charge on any atom is -0.325 e. The SMILES string of the molecule is Cn1cc(CC2(N)CCC(C(F)(F)F)CC2)cn1. The van der Waals surface area contributed by atoms with Crippen LogP contribution in [-0.2, 0) is 13.5 Å². The van der Waals surface area contributed by atoms with Crippen molar-refractivity contribution in [1.29, 1.82) is 0 Å². The second-order valence-corrected chi connectivity index (χ2v) is 5.38. The van der Waals surface area contributed by atoms with Crippen molar-refractivity contribution in [3.05, 3.63) is 18.0 Å². The van der Waals surface area contributed by atoms with Gasteiger partial charge in [0.05, 0.1) is 12.1 Å². The highest BCUT2D eigenvalue weighted by atomic mass is 19.4. The molecule has 1 aliphatic rings. The zero-order valence-electron chi connectivity index (χ0n) is 10.4. The minimum atomic E-state index is -4.07. The maximum atomic E-state index is 12.6. The molecule has 1 fully saturated rings. The van der Waals surface area contributed by atoms with Gasteiger partial charge >= 0.3 is 6.18 Å². The molecule has 0 aromatic carbocycles. The summed E-state index contributed by atoms with van der Waals surface area (Å²) < 4.78 is 39.4. The normalized spacial score (nSPS) is 29.5. The maximum absolute atomic E-state index is 12.6. The Morgan fingerprint density at radius 1 is 1.44 bits per heavy atom. The number of rotatable bonds is 2. The van der Waals surface area contributed by atoms with E-state index in [2.05, 4.69) is 5.10 Å². The van der Waals surface area contributed by atoms with Crippen LogP contribution in [0.4, 0.5) is 13.2 Å². The molecular formula is C12H18F3N3. The first kappa shape index (κ1) is 13.4. The summed E-state index contributed by atoms with van der Waals surface area (Å²) in [5.41, 5.74) is 6.68. The first-order valence-corrected chi connectivity index (χ1v) is 6.12. The fourth-order valence-corrected chi connectivity index (χ4v) is 2.67. The van der Waals surface area contributed by atoms with Gasteiger partial charge in [0.1, 0.15) is 0 Å². The lowest BCUT2D eigenvalue weighted by molar-refractivity contribution is -0.184. The second kappa shape index (κ2) is 4.57. The van der Waals surface area contributed by atoms with Crippen molar-refractivity contribution in [1.82, 2.24) is 9.78 Å². The number of aromatic nitrogens is 2. The molecule has 1 heterocycles. The Kier molecular flexibility index (Phi) is 3.40. The summed E-state index contributed by atoms with van der Waals surface area (Å²) in [6.45, 7) is 0. The predicted molar refractivity (Wildman–Crippen MR) is 61.8 cm³/mol. The molecule has 6 heteroatoms. The highest BCUT2D eigenvalue weighted by Crippen LogP contribution is 2.41. The molecule has 1 aromatic heterocycles. The third-order valence-electron chi connectivity index (χ3n) is 3.76. The zero-order chi connectivity index (χ0) is 13.4. The Morgan fingerprint density at radius 3 is 2.50 bits per heavy atom. The van der Waals surface area contributed by atoms with E-state index in [0.29, 0.717) is 19.3 Å². The summed E-state index contributed by atoms with van der Waals surface area (Å²) in [6, 6.07) is 0. The molecule has 0 bridgehead atoms. The summed E-state index contributed by atoms with van der Waals surface area (Å²) >= 11 is 0. The van der Waals surface area contributed by atoms with Crippen LogP contribution in [0.3, 0.4) is 0 Å². The van der Waals surface area contributed by atoms with E-state index in [9.17, 15) is 13.2 Å². The molecule has 102 valence electrons. The Labute approximate surface area is 104 Å². The van der Waals surface area contributed by atoms with Gasteiger partial charge in [-0.2, -0.15) is 18.3 Å². The fourth-order valence-electron chi connectivity index (χ4n) is 2.67. The van der Waals surface area contributed by atoms with Gasteiger partial charge in [0.15, 0.2) is 0 Å². The molecule has 1 saturated carbocycles. The average molecular weight is 261 g/mol. The molecule has 2 N–H and O–H groups in total. The van der Waals surface area contributed by atoms with Gasteiger partial charge < -0.3 is 5.73 Å². The van der Waals surface area contributed by atoms with E-state index in [1.54, 1.807) is 10.9 Å². The molecule has 0 saturated heterocycles. The van der Waals surface area contributed by atoms with E-state index in [1.165, 1.54) is 0 Å². The number of hydrogen-bond donors (Lipinski definition) is 1. The van der Waals surface area contributed by atoms with Crippen LogP contribution in [0.1, 0.15) is 31.2 Å². The summed E-state index contributed by atoms with van der Waals surface area (Å²) in [7, 11) is 1.81. The van der Waals surface area contributed by atoms with Crippen molar-refractivity contribution >= 4 is 0 Å². The van der Waals surface area contributed by atoms with Crippen molar-refractivity contribution in [3.63, 3.8) is 0 Å². The molecule has 0 spiro atoms. The number of nitrogens with two attached hydrogens (primary N) is 1. The molecule has 18 heavy (non-hydrogen) atoms. The van der Waals surface area contributed by atoms with E-state index < -0.39 is 17.6 Å². The molecule has 3 nitrogen and oxygen atoms in total. The largest absolute Gasteiger partial charge is 0.391 e. The summed E-state index contributed by atoms with van der Waals surface area (Å²) in [4.78, 5) is 0. The lowest BCUT2D eigenvalue weighted by Crippen LogP contribution is -2.47. The molecule has 0 atom stereocenters. The Morgan fingerprint density at radius 2 is 2.06 bits per heavy atom. The Hall–Kier alpha value is -1.04. The number of halogens is 3. The molecule has 1 aromatic rings. The average Bonchev–Trinajstić information content (AvgIpc) is 2.62. The topological polar surface area (TPSA) is 43.8 Å². The zero-order valence-corrected chi connectivity index (χ0v) is 10.4. The van der Waals surface area contributed by atoms with Crippen LogP contribution in [0.25, 0.3) is 0 Å². The predicted octanol–water partition coefficient (Wildman–Crippen LogP) is 2.41. The van der Waals surface area contributed by atoms with Crippen LogP contribution < -0.4 is 5.73 Å². The highest BCUT2D eigenvalue weighted by Gasteiger charge is 2.44. The van der Waals surface area contributed by atoms with Gasteiger partial charge in [-0.15, -0.1) is 0 Å². The molecule has 0 aliphatic heterocycles. The van der Waals surface area contributed by atoms with Crippen LogP contribution in [-0.4, -0.2) is 21.5 Å². The Bertz CT molecular complexity index is 403. The van der Waals surface area contributed by atoms with Crippen molar-refractivity contribution in [2.75, 3.05) is 0 Å². The highest BCUT2D eigenvalue weighted by molar-refractivity contribution is 5.10. The van der Waals surface area contributed by atoms with Crippen molar-refractivity contribution in [2.45, 2.75) is 43.8 Å². The smallest absolute Gasteiger partial charge is 0.325 e. The van der Waals surface area contributed by atoms with Gasteiger partial charge in [0.2, 0.25) is 0 Å². The minimum absolute atomic E-state index is 0.139. The van der Waals surface area contributed by atoms with E-state index in [4.69, 9.17) is 5.73 Å². The monoisotopic (exact) mass is 261 g/mol. The lowest BCUT2D eigenvalue weighted by Gasteiger charge is -2.37. The molecular weight excluding hydrogens is 243 g/mol. The van der Waals surface area contributed by atoms with Crippen molar-refractivity contribution in [3.8, 4) is 0 Å². The number of aryl methyl sites for hydroxylation is 1. The van der Waals surface area contributed by atoms with E-state index in [0.717, 1.165) is 5.56 Å². The number of nitrogens with zero attached hydrogens (tertiary/aromatic N) is 2. The molecule has 0 radical (unpaired) electrons. The van der Waals surface area contributed by atoms with Gasteiger partial charge in [0.25, 0.3) is 0 Å². The second-order valence-electron chi connectivity index (χ2n) is 5.38. The van der Waals surface area contributed by atoms with Crippen LogP contribution >= 0.6 is 0 Å². The van der Waals surface area contributed by atoms with E-state index in [-0.39, 0.29) is 12.8 Å². The lowest BCUT2D eigenvalue weighted by atomic mass is 9.74. The quantitative estimate of drug-likeness (QED) is 0.888. The first-order valence-electron chi connectivity index (χ1n) is 6.12. The van der Waals surface area contributed by atoms with Gasteiger partial charge in [-0.1, -0.05) is 0 Å². The first-order chi connectivity index (χ1) is 8.28. The van der Waals surface area contributed by atoms with Gasteiger partial charge in [-0.25, -0.2) is 0 Å². The molecule has 1 aliphatic carbocycles. The van der Waals surface area contributed by atoms with Gasteiger partial charge in [0, 0.05) is 18.8 Å². The van der Waals surface area contributed by atoms with Crippen LogP contribution in [0.5, 0.6) is 0 Å². The summed E-state index contributed by atoms with van der Waals surface area (Å²) in [5.74, 6) is -1.18. The molecule has 0 unspecified atom stereocenters. The van der Waals surface area contributed by atoms with Crippen LogP contribution in [0.2, 0.25) is 0 Å². The van der Waals surface area contributed by atoms with Crippen LogP contribution in [0.15, 0.2) is 12.4 Å². The van der Waals surface area contributed by atoms with Gasteiger partial charge in [-0.05, 0) is 37.7 Å². The number of alkyl halides is 3. The van der Waals surface area contributed by atoms with Crippen molar-refractivity contribution < 1.29 is 13.2 Å². The Balaban J connectivity index is 1.95. The van der Waals surface area contributed by atoms with Crippen molar-refractivity contribution in [2.24, 2.45) is 18.7 Å². The molecule has 0 amide bonds.